The number of furan rings is 1. The summed E-state index contributed by atoms with van der Waals surface area (Å²) in [6, 6.07) is 4.76. The number of amides is 3. The number of ether oxygens (including phenoxy) is 1. The normalized spacial score (nSPS) is 12.6. The zero-order valence-corrected chi connectivity index (χ0v) is 19.3. The highest BCUT2D eigenvalue weighted by molar-refractivity contribution is 7.18. The van der Waals surface area contributed by atoms with Crippen LogP contribution in [-0.4, -0.2) is 30.3 Å². The van der Waals surface area contributed by atoms with Crippen LogP contribution in [0.1, 0.15) is 59.4 Å². The Kier molecular flexibility index (Phi) is 6.61. The third-order valence-electron chi connectivity index (χ3n) is 5.09. The van der Waals surface area contributed by atoms with Gasteiger partial charge in [-0.05, 0) is 61.9 Å². The van der Waals surface area contributed by atoms with E-state index in [-0.39, 0.29) is 10.6 Å². The summed E-state index contributed by atoms with van der Waals surface area (Å²) in [6.45, 7) is 1.18. The Bertz CT molecular complexity index is 1230. The van der Waals surface area contributed by atoms with E-state index in [0.717, 1.165) is 47.5 Å². The van der Waals surface area contributed by atoms with Crippen molar-refractivity contribution >= 4 is 56.4 Å². The van der Waals surface area contributed by atoms with E-state index in [0.29, 0.717) is 21.1 Å². The fourth-order valence-corrected chi connectivity index (χ4v) is 5.87. The van der Waals surface area contributed by atoms with Crippen molar-refractivity contribution in [2.45, 2.75) is 32.6 Å². The fraction of sp³-hybridized carbons (Fsp3) is 0.273. The van der Waals surface area contributed by atoms with Crippen molar-refractivity contribution < 1.29 is 28.3 Å². The molecule has 11 heteroatoms. The van der Waals surface area contributed by atoms with Gasteiger partial charge < -0.3 is 25.5 Å². The van der Waals surface area contributed by atoms with Gasteiger partial charge in [0.25, 0.3) is 17.7 Å². The highest BCUT2D eigenvalue weighted by atomic mass is 32.1. The largest absolute Gasteiger partial charge is 0.459 e. The van der Waals surface area contributed by atoms with E-state index in [9.17, 15) is 19.2 Å². The minimum atomic E-state index is -0.688. The van der Waals surface area contributed by atoms with Crippen molar-refractivity contribution in [1.82, 2.24) is 0 Å². The van der Waals surface area contributed by atoms with E-state index in [1.807, 2.05) is 0 Å². The molecular formula is C22H21N3O6S2. The molecule has 0 unspecified atom stereocenters. The molecule has 0 spiro atoms. The molecule has 1 aliphatic carbocycles. The number of primary amides is 1. The zero-order chi connectivity index (χ0) is 23.5. The Labute approximate surface area is 196 Å². The molecule has 0 saturated carbocycles. The maximum atomic E-state index is 12.5. The molecule has 4 N–H and O–H groups in total. The van der Waals surface area contributed by atoms with Gasteiger partial charge in [0.05, 0.1) is 16.8 Å². The fourth-order valence-electron chi connectivity index (χ4n) is 3.60. The Morgan fingerprint density at radius 1 is 1.15 bits per heavy atom. The van der Waals surface area contributed by atoms with E-state index < -0.39 is 30.3 Å². The van der Waals surface area contributed by atoms with Gasteiger partial charge in [0.15, 0.2) is 12.4 Å². The number of carbonyl (C=O) groups excluding carboxylic acids is 4. The van der Waals surface area contributed by atoms with Crippen molar-refractivity contribution in [1.29, 1.82) is 0 Å². The number of fused-ring (bicyclic) bond motifs is 1. The number of thiophene rings is 2. The van der Waals surface area contributed by atoms with Gasteiger partial charge in [0, 0.05) is 4.88 Å². The number of hydrogen-bond donors (Lipinski definition) is 3. The lowest BCUT2D eigenvalue weighted by atomic mass is 9.95. The molecule has 33 heavy (non-hydrogen) atoms. The van der Waals surface area contributed by atoms with Crippen LogP contribution in [0.5, 0.6) is 0 Å². The maximum Gasteiger partial charge on any atom is 0.349 e. The number of rotatable bonds is 7. The average molecular weight is 488 g/mol. The van der Waals surface area contributed by atoms with Crippen molar-refractivity contribution in [3.05, 3.63) is 56.7 Å². The first-order chi connectivity index (χ1) is 15.8. The van der Waals surface area contributed by atoms with Gasteiger partial charge >= 0.3 is 5.97 Å². The molecule has 9 nitrogen and oxygen atoms in total. The van der Waals surface area contributed by atoms with E-state index in [4.69, 9.17) is 14.9 Å². The second-order valence-electron chi connectivity index (χ2n) is 7.46. The van der Waals surface area contributed by atoms with Crippen LogP contribution in [0, 0.1) is 6.92 Å². The van der Waals surface area contributed by atoms with Crippen LogP contribution in [0.4, 0.5) is 10.0 Å². The minimum Gasteiger partial charge on any atom is -0.459 e. The summed E-state index contributed by atoms with van der Waals surface area (Å²) >= 11 is 2.37. The van der Waals surface area contributed by atoms with Crippen molar-refractivity contribution in [3.63, 3.8) is 0 Å². The smallest absolute Gasteiger partial charge is 0.349 e. The lowest BCUT2D eigenvalue weighted by Gasteiger charge is -2.11. The summed E-state index contributed by atoms with van der Waals surface area (Å²) in [7, 11) is 0. The van der Waals surface area contributed by atoms with Gasteiger partial charge in [-0.1, -0.05) is 0 Å². The molecule has 0 bridgehead atoms. The Hall–Kier alpha value is -3.44. The third-order valence-corrected chi connectivity index (χ3v) is 7.43. The number of hydrogen-bond acceptors (Lipinski definition) is 8. The molecule has 3 heterocycles. The molecule has 0 aliphatic heterocycles. The number of aryl methyl sites for hydroxylation is 2. The summed E-state index contributed by atoms with van der Waals surface area (Å²) in [5.41, 5.74) is 7.39. The van der Waals surface area contributed by atoms with Crippen LogP contribution in [0.2, 0.25) is 0 Å². The van der Waals surface area contributed by atoms with E-state index in [2.05, 4.69) is 10.6 Å². The van der Waals surface area contributed by atoms with Gasteiger partial charge in [0.2, 0.25) is 0 Å². The number of esters is 1. The lowest BCUT2D eigenvalue weighted by molar-refractivity contribution is -0.119. The molecule has 0 aromatic carbocycles. The van der Waals surface area contributed by atoms with Gasteiger partial charge in [-0.25, -0.2) is 4.79 Å². The Morgan fingerprint density at radius 3 is 2.67 bits per heavy atom. The van der Waals surface area contributed by atoms with E-state index in [1.165, 1.54) is 23.7 Å². The van der Waals surface area contributed by atoms with Gasteiger partial charge in [-0.15, -0.1) is 22.7 Å². The quantitative estimate of drug-likeness (QED) is 0.434. The molecule has 0 atom stereocenters. The Balaban J connectivity index is 1.37. The zero-order valence-electron chi connectivity index (χ0n) is 17.7. The molecular weight excluding hydrogens is 466 g/mol. The van der Waals surface area contributed by atoms with Crippen LogP contribution in [0.15, 0.2) is 28.9 Å². The minimum absolute atomic E-state index is 0.146. The van der Waals surface area contributed by atoms with Crippen LogP contribution in [-0.2, 0) is 22.4 Å². The number of nitrogens with two attached hydrogens (primary N) is 1. The summed E-state index contributed by atoms with van der Waals surface area (Å²) in [5.74, 6) is -2.13. The summed E-state index contributed by atoms with van der Waals surface area (Å²) in [6.07, 6.45) is 4.99. The first-order valence-electron chi connectivity index (χ1n) is 10.2. The number of carbonyl (C=O) groups is 4. The highest BCUT2D eigenvalue weighted by Gasteiger charge is 2.25. The average Bonchev–Trinajstić information content (AvgIpc) is 3.50. The standard InChI is InChI=1S/C22H21N3O6S2/c1-11-9-16(25-20(28)13-6-4-8-30-13)33-18(11)22(29)31-10-15(26)24-21-17(19(23)27)12-5-2-3-7-14(12)32-21/h4,6,8-9H,2-3,5,7,10H2,1H3,(H2,23,27)(H,24,26)(H,25,28). The summed E-state index contributed by atoms with van der Waals surface area (Å²) in [5, 5.41) is 6.15. The molecule has 3 aromatic rings. The van der Waals surface area contributed by atoms with Crippen LogP contribution in [0.25, 0.3) is 0 Å². The summed E-state index contributed by atoms with van der Waals surface area (Å²) in [4.78, 5) is 50.3. The maximum absolute atomic E-state index is 12.5. The Morgan fingerprint density at radius 2 is 1.94 bits per heavy atom. The summed E-state index contributed by atoms with van der Waals surface area (Å²) < 4.78 is 10.2. The monoisotopic (exact) mass is 487 g/mol. The molecule has 172 valence electrons. The molecule has 0 fully saturated rings. The molecule has 0 saturated heterocycles. The van der Waals surface area contributed by atoms with E-state index >= 15 is 0 Å². The van der Waals surface area contributed by atoms with Crippen molar-refractivity contribution in [2.75, 3.05) is 17.2 Å². The highest BCUT2D eigenvalue weighted by Crippen LogP contribution is 2.37. The van der Waals surface area contributed by atoms with Crippen LogP contribution >= 0.6 is 22.7 Å². The van der Waals surface area contributed by atoms with Gasteiger partial charge in [0.1, 0.15) is 9.88 Å². The van der Waals surface area contributed by atoms with Gasteiger partial charge in [-0.2, -0.15) is 0 Å². The van der Waals surface area contributed by atoms with E-state index in [1.54, 1.807) is 19.1 Å². The molecule has 3 amide bonds. The van der Waals surface area contributed by atoms with Crippen LogP contribution in [0.3, 0.4) is 0 Å². The van der Waals surface area contributed by atoms with Gasteiger partial charge in [-0.3, -0.25) is 14.4 Å². The molecule has 1 aliphatic rings. The predicted octanol–water partition coefficient (Wildman–Crippen LogP) is 3.74. The van der Waals surface area contributed by atoms with Crippen molar-refractivity contribution in [2.24, 2.45) is 5.73 Å². The lowest BCUT2D eigenvalue weighted by Crippen LogP contribution is -2.22. The third kappa shape index (κ3) is 4.99. The SMILES string of the molecule is Cc1cc(NC(=O)c2ccco2)sc1C(=O)OCC(=O)Nc1sc2c(c1C(N)=O)CCCC2. The number of anilines is 2. The second-order valence-corrected chi connectivity index (χ2v) is 9.62. The van der Waals surface area contributed by atoms with Crippen LogP contribution < -0.4 is 16.4 Å². The second kappa shape index (κ2) is 9.59. The molecule has 0 radical (unpaired) electrons. The topological polar surface area (TPSA) is 141 Å². The first-order valence-corrected chi connectivity index (χ1v) is 11.8. The molecule has 4 rings (SSSR count). The predicted molar refractivity (Wildman–Crippen MR) is 124 cm³/mol. The molecule has 3 aromatic heterocycles. The first kappa shape index (κ1) is 22.7. The van der Waals surface area contributed by atoms with Crippen molar-refractivity contribution in [3.8, 4) is 0 Å². The number of nitrogens with one attached hydrogen (secondary N) is 2.